The molecule has 128 valence electrons. The number of halogens is 1. The van der Waals surface area contributed by atoms with Crippen molar-refractivity contribution in [2.45, 2.75) is 59.2 Å². The Morgan fingerprint density at radius 2 is 1.70 bits per heavy atom. The van der Waals surface area contributed by atoms with Crippen LogP contribution in [0.25, 0.3) is 0 Å². The summed E-state index contributed by atoms with van der Waals surface area (Å²) < 4.78 is 10.5. The summed E-state index contributed by atoms with van der Waals surface area (Å²) >= 11 is 5.79. The molecule has 1 rings (SSSR count). The van der Waals surface area contributed by atoms with Gasteiger partial charge < -0.3 is 9.47 Å². The van der Waals surface area contributed by atoms with Crippen LogP contribution in [0.3, 0.4) is 0 Å². The Labute approximate surface area is 143 Å². The molecule has 1 atom stereocenters. The summed E-state index contributed by atoms with van der Waals surface area (Å²) in [4.78, 5) is 23.4. The van der Waals surface area contributed by atoms with Crippen LogP contribution in [0.5, 0.6) is 0 Å². The molecule has 0 saturated heterocycles. The Morgan fingerprint density at radius 1 is 1.09 bits per heavy atom. The van der Waals surface area contributed by atoms with Crippen molar-refractivity contribution in [2.24, 2.45) is 5.92 Å². The molecule has 0 aliphatic heterocycles. The van der Waals surface area contributed by atoms with E-state index >= 15 is 0 Å². The second kappa shape index (κ2) is 10.3. The van der Waals surface area contributed by atoms with E-state index in [9.17, 15) is 9.59 Å². The van der Waals surface area contributed by atoms with E-state index in [1.165, 1.54) is 0 Å². The van der Waals surface area contributed by atoms with E-state index in [0.717, 1.165) is 12.0 Å². The van der Waals surface area contributed by atoms with Crippen molar-refractivity contribution in [3.8, 4) is 0 Å². The van der Waals surface area contributed by atoms with Crippen LogP contribution in [0, 0.1) is 5.92 Å². The summed E-state index contributed by atoms with van der Waals surface area (Å²) in [5, 5.41) is 0.644. The molecule has 0 bridgehead atoms. The molecule has 0 aromatic heterocycles. The highest BCUT2D eigenvalue weighted by Gasteiger charge is 2.16. The van der Waals surface area contributed by atoms with Gasteiger partial charge in [0.15, 0.2) is 0 Å². The highest BCUT2D eigenvalue weighted by molar-refractivity contribution is 6.30. The molecule has 0 amide bonds. The minimum absolute atomic E-state index is 0.0562. The second-order valence-electron chi connectivity index (χ2n) is 5.82. The minimum atomic E-state index is -0.316. The van der Waals surface area contributed by atoms with Gasteiger partial charge in [-0.1, -0.05) is 44.5 Å². The molecule has 1 aromatic carbocycles. The van der Waals surface area contributed by atoms with Crippen molar-refractivity contribution < 1.29 is 19.1 Å². The molecule has 0 aliphatic carbocycles. The number of esters is 2. The number of carbonyl (C=O) groups excluding carboxylic acids is 2. The molecule has 0 saturated carbocycles. The van der Waals surface area contributed by atoms with Crippen molar-refractivity contribution in [3.63, 3.8) is 0 Å². The molecule has 1 aromatic rings. The molecular weight excluding hydrogens is 316 g/mol. The lowest BCUT2D eigenvalue weighted by atomic mass is 10.1. The van der Waals surface area contributed by atoms with Crippen LogP contribution < -0.4 is 0 Å². The third-order valence-corrected chi connectivity index (χ3v) is 3.76. The fraction of sp³-hybridized carbons (Fsp3) is 0.556. The first-order valence-corrected chi connectivity index (χ1v) is 8.39. The fourth-order valence-electron chi connectivity index (χ4n) is 2.11. The zero-order valence-electron chi connectivity index (χ0n) is 14.0. The van der Waals surface area contributed by atoms with Gasteiger partial charge in [-0.3, -0.25) is 9.59 Å². The molecule has 1 unspecified atom stereocenters. The van der Waals surface area contributed by atoms with Gasteiger partial charge in [-0.2, -0.15) is 0 Å². The van der Waals surface area contributed by atoms with Crippen molar-refractivity contribution in [2.75, 3.05) is 0 Å². The van der Waals surface area contributed by atoms with Crippen LogP contribution in [0.15, 0.2) is 24.3 Å². The Bertz CT molecular complexity index is 496. The molecule has 0 fully saturated rings. The predicted octanol–water partition coefficient (Wildman–Crippen LogP) is 4.53. The van der Waals surface area contributed by atoms with E-state index in [1.54, 1.807) is 12.1 Å². The van der Waals surface area contributed by atoms with Gasteiger partial charge in [-0.05, 0) is 36.5 Å². The molecule has 23 heavy (non-hydrogen) atoms. The Morgan fingerprint density at radius 3 is 2.26 bits per heavy atom. The quantitative estimate of drug-likeness (QED) is 0.620. The molecule has 0 aliphatic rings. The number of benzene rings is 1. The lowest BCUT2D eigenvalue weighted by Crippen LogP contribution is -2.22. The lowest BCUT2D eigenvalue weighted by molar-refractivity contribution is -0.152. The maximum Gasteiger partial charge on any atom is 0.306 e. The first-order valence-electron chi connectivity index (χ1n) is 8.02. The van der Waals surface area contributed by atoms with E-state index in [1.807, 2.05) is 32.9 Å². The normalized spacial score (nSPS) is 12.0. The van der Waals surface area contributed by atoms with E-state index in [4.69, 9.17) is 21.1 Å². The highest BCUT2D eigenvalue weighted by Crippen LogP contribution is 2.13. The average molecular weight is 341 g/mol. The largest absolute Gasteiger partial charge is 0.462 e. The van der Waals surface area contributed by atoms with Crippen molar-refractivity contribution >= 4 is 23.5 Å². The third-order valence-electron chi connectivity index (χ3n) is 3.50. The second-order valence-corrected chi connectivity index (χ2v) is 6.26. The van der Waals surface area contributed by atoms with Crippen LogP contribution in [-0.4, -0.2) is 18.0 Å². The van der Waals surface area contributed by atoms with Crippen molar-refractivity contribution in [1.29, 1.82) is 0 Å². The Kier molecular flexibility index (Phi) is 8.70. The van der Waals surface area contributed by atoms with Crippen LogP contribution in [-0.2, 0) is 25.7 Å². The fourth-order valence-corrected chi connectivity index (χ4v) is 2.24. The van der Waals surface area contributed by atoms with Gasteiger partial charge in [0.2, 0.25) is 0 Å². The van der Waals surface area contributed by atoms with Gasteiger partial charge in [-0.15, -0.1) is 0 Å². The highest BCUT2D eigenvalue weighted by atomic mass is 35.5. The first kappa shape index (κ1) is 19.5. The van der Waals surface area contributed by atoms with E-state index < -0.39 is 0 Å². The monoisotopic (exact) mass is 340 g/mol. The minimum Gasteiger partial charge on any atom is -0.462 e. The lowest BCUT2D eigenvalue weighted by Gasteiger charge is -2.19. The van der Waals surface area contributed by atoms with Crippen molar-refractivity contribution in [1.82, 2.24) is 0 Å². The molecule has 0 N–H and O–H groups in total. The average Bonchev–Trinajstić information content (AvgIpc) is 2.51. The van der Waals surface area contributed by atoms with Crippen LogP contribution in [0.2, 0.25) is 5.02 Å². The number of carbonyl (C=O) groups is 2. The van der Waals surface area contributed by atoms with Gasteiger partial charge in [0.1, 0.15) is 12.7 Å². The van der Waals surface area contributed by atoms with E-state index in [-0.39, 0.29) is 37.5 Å². The predicted molar refractivity (Wildman–Crippen MR) is 90.1 cm³/mol. The van der Waals surface area contributed by atoms with Gasteiger partial charge in [0, 0.05) is 17.9 Å². The molecule has 4 nitrogen and oxygen atoms in total. The topological polar surface area (TPSA) is 52.6 Å². The number of rotatable bonds is 9. The van der Waals surface area contributed by atoms with Crippen LogP contribution in [0.4, 0.5) is 0 Å². The summed E-state index contributed by atoms with van der Waals surface area (Å²) in [5.74, 6) is -0.270. The van der Waals surface area contributed by atoms with Crippen LogP contribution >= 0.6 is 11.6 Å². The molecule has 5 heteroatoms. The molecule has 0 heterocycles. The SMILES string of the molecule is CCC(OC(=O)CCCC(=O)OCc1ccc(Cl)cc1)C(C)C. The van der Waals surface area contributed by atoms with Gasteiger partial charge >= 0.3 is 11.9 Å². The third kappa shape index (κ3) is 8.03. The molecule has 0 radical (unpaired) electrons. The molecular formula is C18H25ClO4. The maximum absolute atomic E-state index is 11.7. The standard InChI is InChI=1S/C18H25ClO4/c1-4-16(13(2)3)23-18(21)7-5-6-17(20)22-12-14-8-10-15(19)11-9-14/h8-11,13,16H,4-7,12H2,1-3H3. The molecule has 0 spiro atoms. The van der Waals surface area contributed by atoms with Gasteiger partial charge in [0.25, 0.3) is 0 Å². The Balaban J connectivity index is 2.20. The summed E-state index contributed by atoms with van der Waals surface area (Å²) in [6.45, 7) is 6.25. The van der Waals surface area contributed by atoms with Gasteiger partial charge in [-0.25, -0.2) is 0 Å². The number of hydrogen-bond donors (Lipinski definition) is 0. The zero-order chi connectivity index (χ0) is 17.2. The summed E-state index contributed by atoms with van der Waals surface area (Å²) in [5.41, 5.74) is 0.880. The van der Waals surface area contributed by atoms with Gasteiger partial charge in [0.05, 0.1) is 0 Å². The first-order chi connectivity index (χ1) is 10.9. The smallest absolute Gasteiger partial charge is 0.306 e. The number of ether oxygens (including phenoxy) is 2. The summed E-state index contributed by atoms with van der Waals surface area (Å²) in [6.07, 6.45) is 1.62. The maximum atomic E-state index is 11.7. The van der Waals surface area contributed by atoms with Crippen LogP contribution in [0.1, 0.15) is 52.0 Å². The summed E-state index contributed by atoms with van der Waals surface area (Å²) in [7, 11) is 0. The zero-order valence-corrected chi connectivity index (χ0v) is 14.8. The van der Waals surface area contributed by atoms with E-state index in [0.29, 0.717) is 17.4 Å². The Hall–Kier alpha value is -1.55. The number of hydrogen-bond acceptors (Lipinski definition) is 4. The van der Waals surface area contributed by atoms with E-state index in [2.05, 4.69) is 0 Å². The summed E-state index contributed by atoms with van der Waals surface area (Å²) in [6, 6.07) is 7.12. The van der Waals surface area contributed by atoms with Crippen molar-refractivity contribution in [3.05, 3.63) is 34.9 Å².